The predicted molar refractivity (Wildman–Crippen MR) is 73.1 cm³/mol. The van der Waals surface area contributed by atoms with Crippen LogP contribution in [0.15, 0.2) is 12.6 Å². The van der Waals surface area contributed by atoms with Gasteiger partial charge in [-0.3, -0.25) is 0 Å². The van der Waals surface area contributed by atoms with E-state index in [-0.39, 0.29) is 11.5 Å². The Hall–Kier alpha value is -1.08. The molecule has 1 N–H and O–H groups in total. The molecule has 0 fully saturated rings. The summed E-state index contributed by atoms with van der Waals surface area (Å²) in [5.74, 6) is 0. The van der Waals surface area contributed by atoms with E-state index in [1.807, 2.05) is 6.08 Å². The van der Waals surface area contributed by atoms with Crippen LogP contribution in [0.5, 0.6) is 0 Å². The molecule has 2 rings (SSSR count). The SMILES string of the molecule is C=Cc1c(C)cc2c(c1C)C(O)C(C)(CC)C2. The summed E-state index contributed by atoms with van der Waals surface area (Å²) in [6, 6.07) is 2.23. The van der Waals surface area contributed by atoms with Crippen molar-refractivity contribution in [3.8, 4) is 0 Å². The van der Waals surface area contributed by atoms with Gasteiger partial charge in [0.15, 0.2) is 0 Å². The molecule has 0 saturated heterocycles. The third-order valence-electron chi connectivity index (χ3n) is 4.51. The lowest BCUT2D eigenvalue weighted by Crippen LogP contribution is -2.20. The lowest BCUT2D eigenvalue weighted by Gasteiger charge is -2.27. The molecule has 0 aromatic heterocycles. The Labute approximate surface area is 104 Å². The molecule has 1 nitrogen and oxygen atoms in total. The van der Waals surface area contributed by atoms with Crippen LogP contribution in [-0.4, -0.2) is 5.11 Å². The maximum Gasteiger partial charge on any atom is 0.0852 e. The molecule has 1 aromatic carbocycles. The topological polar surface area (TPSA) is 20.2 Å². The molecule has 92 valence electrons. The highest BCUT2D eigenvalue weighted by molar-refractivity contribution is 5.61. The zero-order valence-electron chi connectivity index (χ0n) is 11.3. The Morgan fingerprint density at radius 3 is 2.71 bits per heavy atom. The van der Waals surface area contributed by atoms with Gasteiger partial charge in [-0.25, -0.2) is 0 Å². The van der Waals surface area contributed by atoms with Crippen molar-refractivity contribution in [1.29, 1.82) is 0 Å². The van der Waals surface area contributed by atoms with Crippen molar-refractivity contribution < 1.29 is 5.11 Å². The first-order valence-corrected chi connectivity index (χ1v) is 6.38. The van der Waals surface area contributed by atoms with Crippen LogP contribution in [0.4, 0.5) is 0 Å². The zero-order chi connectivity index (χ0) is 12.8. The second-order valence-electron chi connectivity index (χ2n) is 5.60. The Kier molecular flexibility index (Phi) is 2.90. The highest BCUT2D eigenvalue weighted by Gasteiger charge is 2.41. The van der Waals surface area contributed by atoms with Crippen LogP contribution in [0.3, 0.4) is 0 Å². The molecule has 0 heterocycles. The van der Waals surface area contributed by atoms with Crippen molar-refractivity contribution in [3.05, 3.63) is 40.5 Å². The number of hydrogen-bond donors (Lipinski definition) is 1. The van der Waals surface area contributed by atoms with Crippen molar-refractivity contribution >= 4 is 6.08 Å². The number of rotatable bonds is 2. The smallest absolute Gasteiger partial charge is 0.0852 e. The Bertz CT molecular complexity index is 473. The molecule has 0 bridgehead atoms. The van der Waals surface area contributed by atoms with Crippen LogP contribution in [0, 0.1) is 19.3 Å². The van der Waals surface area contributed by atoms with Crippen molar-refractivity contribution in [1.82, 2.24) is 0 Å². The van der Waals surface area contributed by atoms with Gasteiger partial charge in [0.05, 0.1) is 6.10 Å². The predicted octanol–water partition coefficient (Wildman–Crippen LogP) is 3.95. The molecule has 1 aliphatic carbocycles. The quantitative estimate of drug-likeness (QED) is 0.815. The van der Waals surface area contributed by atoms with Crippen LogP contribution < -0.4 is 0 Å². The van der Waals surface area contributed by atoms with E-state index in [9.17, 15) is 5.11 Å². The maximum absolute atomic E-state index is 10.6. The molecule has 0 aliphatic heterocycles. The summed E-state index contributed by atoms with van der Waals surface area (Å²) in [5.41, 5.74) is 6.13. The third-order valence-corrected chi connectivity index (χ3v) is 4.51. The minimum atomic E-state index is -0.332. The summed E-state index contributed by atoms with van der Waals surface area (Å²) >= 11 is 0. The Morgan fingerprint density at radius 1 is 1.53 bits per heavy atom. The average molecular weight is 230 g/mol. The van der Waals surface area contributed by atoms with E-state index in [1.54, 1.807) is 0 Å². The summed E-state index contributed by atoms with van der Waals surface area (Å²) in [7, 11) is 0. The molecule has 2 unspecified atom stereocenters. The first-order chi connectivity index (χ1) is 7.94. The van der Waals surface area contributed by atoms with Crippen LogP contribution in [0.25, 0.3) is 6.08 Å². The van der Waals surface area contributed by atoms with Crippen molar-refractivity contribution in [2.24, 2.45) is 5.41 Å². The van der Waals surface area contributed by atoms with Gasteiger partial charge in [0, 0.05) is 5.41 Å². The first kappa shape index (κ1) is 12.4. The lowest BCUT2D eigenvalue weighted by molar-refractivity contribution is 0.0494. The molecule has 1 aliphatic rings. The standard InChI is InChI=1S/C16H22O/c1-6-13-10(3)8-12-9-16(5,7-2)15(17)14(12)11(13)4/h6,8,15,17H,1,7,9H2,2-5H3. The summed E-state index contributed by atoms with van der Waals surface area (Å²) in [4.78, 5) is 0. The van der Waals surface area contributed by atoms with Gasteiger partial charge in [-0.05, 0) is 54.5 Å². The number of fused-ring (bicyclic) bond motifs is 1. The van der Waals surface area contributed by atoms with Crippen LogP contribution in [0.1, 0.15) is 54.2 Å². The van der Waals surface area contributed by atoms with Gasteiger partial charge in [0.25, 0.3) is 0 Å². The van der Waals surface area contributed by atoms with Crippen molar-refractivity contribution in [3.63, 3.8) is 0 Å². The number of aliphatic hydroxyl groups is 1. The van der Waals surface area contributed by atoms with Crippen LogP contribution in [-0.2, 0) is 6.42 Å². The van der Waals surface area contributed by atoms with Crippen molar-refractivity contribution in [2.75, 3.05) is 0 Å². The van der Waals surface area contributed by atoms with Gasteiger partial charge in [-0.1, -0.05) is 32.6 Å². The van der Waals surface area contributed by atoms with Gasteiger partial charge in [0.2, 0.25) is 0 Å². The number of aryl methyl sites for hydroxylation is 1. The normalized spacial score (nSPS) is 27.0. The fourth-order valence-electron chi connectivity index (χ4n) is 3.14. The molecule has 1 heteroatoms. The highest BCUT2D eigenvalue weighted by Crippen LogP contribution is 2.49. The number of hydrogen-bond acceptors (Lipinski definition) is 1. The van der Waals surface area contributed by atoms with E-state index in [4.69, 9.17) is 0 Å². The molecular weight excluding hydrogens is 208 g/mol. The summed E-state index contributed by atoms with van der Waals surface area (Å²) in [5, 5.41) is 10.6. The van der Waals surface area contributed by atoms with Crippen LogP contribution in [0.2, 0.25) is 0 Å². The molecule has 17 heavy (non-hydrogen) atoms. The van der Waals surface area contributed by atoms with E-state index in [0.29, 0.717) is 0 Å². The summed E-state index contributed by atoms with van der Waals surface area (Å²) in [6.07, 6.45) is 3.56. The van der Waals surface area contributed by atoms with Gasteiger partial charge < -0.3 is 5.11 Å². The van der Waals surface area contributed by atoms with Gasteiger partial charge in [0.1, 0.15) is 0 Å². The number of aliphatic hydroxyl groups excluding tert-OH is 1. The molecule has 2 atom stereocenters. The van der Waals surface area contributed by atoms with Crippen LogP contribution >= 0.6 is 0 Å². The minimum Gasteiger partial charge on any atom is -0.388 e. The first-order valence-electron chi connectivity index (χ1n) is 6.38. The van der Waals surface area contributed by atoms with E-state index in [1.165, 1.54) is 22.3 Å². The molecule has 0 amide bonds. The third kappa shape index (κ3) is 1.64. The second kappa shape index (κ2) is 3.99. The fraction of sp³-hybridized carbons (Fsp3) is 0.500. The molecule has 0 saturated carbocycles. The Balaban J connectivity index is 2.64. The van der Waals surface area contributed by atoms with E-state index in [0.717, 1.165) is 18.4 Å². The largest absolute Gasteiger partial charge is 0.388 e. The van der Waals surface area contributed by atoms with E-state index < -0.39 is 0 Å². The van der Waals surface area contributed by atoms with Gasteiger partial charge in [-0.2, -0.15) is 0 Å². The fourth-order valence-corrected chi connectivity index (χ4v) is 3.14. The molecule has 1 aromatic rings. The summed E-state index contributed by atoms with van der Waals surface area (Å²) < 4.78 is 0. The van der Waals surface area contributed by atoms with Crippen molar-refractivity contribution in [2.45, 2.75) is 46.6 Å². The maximum atomic E-state index is 10.6. The molecular formula is C16H22O. The zero-order valence-corrected chi connectivity index (χ0v) is 11.3. The molecule has 0 radical (unpaired) electrons. The number of benzene rings is 1. The Morgan fingerprint density at radius 2 is 2.18 bits per heavy atom. The minimum absolute atomic E-state index is 0.000668. The molecule has 0 spiro atoms. The second-order valence-corrected chi connectivity index (χ2v) is 5.60. The van der Waals surface area contributed by atoms with E-state index in [2.05, 4.69) is 40.3 Å². The van der Waals surface area contributed by atoms with Gasteiger partial charge >= 0.3 is 0 Å². The summed E-state index contributed by atoms with van der Waals surface area (Å²) in [6.45, 7) is 12.4. The average Bonchev–Trinajstić information content (AvgIpc) is 2.52. The van der Waals surface area contributed by atoms with Gasteiger partial charge in [-0.15, -0.1) is 0 Å². The highest BCUT2D eigenvalue weighted by atomic mass is 16.3. The monoisotopic (exact) mass is 230 g/mol. The lowest BCUT2D eigenvalue weighted by atomic mass is 9.82. The van der Waals surface area contributed by atoms with E-state index >= 15 is 0 Å².